The predicted octanol–water partition coefficient (Wildman–Crippen LogP) is 2.91. The van der Waals surface area contributed by atoms with Crippen molar-refractivity contribution in [1.82, 2.24) is 0 Å². The van der Waals surface area contributed by atoms with Gasteiger partial charge in [0.25, 0.3) is 0 Å². The van der Waals surface area contributed by atoms with E-state index in [9.17, 15) is 52.7 Å². The lowest BCUT2D eigenvalue weighted by Crippen LogP contribution is -2.64. The molecule has 0 aliphatic carbocycles. The third-order valence-corrected chi connectivity index (χ3v) is 4.90. The van der Waals surface area contributed by atoms with Gasteiger partial charge in [-0.05, 0) is 0 Å². The molecule has 0 spiro atoms. The minimum absolute atomic E-state index is 0.225. The zero-order valence-electron chi connectivity index (χ0n) is 16.7. The van der Waals surface area contributed by atoms with Crippen LogP contribution in [0.25, 0.3) is 0 Å². The molecule has 18 heteroatoms. The molecular formula is C18H3B3F12O3. The van der Waals surface area contributed by atoms with Gasteiger partial charge in [0, 0.05) is 18.2 Å². The van der Waals surface area contributed by atoms with E-state index in [0.717, 1.165) is 0 Å². The van der Waals surface area contributed by atoms with E-state index in [1.807, 2.05) is 0 Å². The first-order valence-corrected chi connectivity index (χ1v) is 9.28. The van der Waals surface area contributed by atoms with Crippen molar-refractivity contribution >= 4 is 37.7 Å². The molecule has 1 aliphatic heterocycles. The third-order valence-electron chi connectivity index (χ3n) is 4.90. The molecule has 1 aliphatic rings. The van der Waals surface area contributed by atoms with Crippen molar-refractivity contribution in [1.29, 1.82) is 0 Å². The highest BCUT2D eigenvalue weighted by Crippen LogP contribution is 2.21. The first-order chi connectivity index (χ1) is 16.8. The predicted molar refractivity (Wildman–Crippen MR) is 98.2 cm³/mol. The number of rotatable bonds is 3. The SMILES string of the molecule is Fc1cc(F)c(B2OB(c3c(F)cc(F)c(F)c3F)OB(c3c(F)cc(F)c(F)c3F)O2)c(F)c1F. The van der Waals surface area contributed by atoms with Crippen LogP contribution in [0.3, 0.4) is 0 Å². The second-order valence-electron chi connectivity index (χ2n) is 7.05. The molecule has 4 rings (SSSR count). The fourth-order valence-corrected chi connectivity index (χ4v) is 3.23. The maximum Gasteiger partial charge on any atom is 0.473 e. The smallest absolute Gasteiger partial charge is 0.444 e. The zero-order valence-corrected chi connectivity index (χ0v) is 16.7. The quantitative estimate of drug-likeness (QED) is 0.227. The molecule has 1 saturated heterocycles. The Morgan fingerprint density at radius 2 is 0.556 bits per heavy atom. The normalized spacial score (nSPS) is 14.2. The van der Waals surface area contributed by atoms with E-state index in [-0.39, 0.29) is 18.2 Å². The van der Waals surface area contributed by atoms with Crippen LogP contribution in [0.5, 0.6) is 0 Å². The summed E-state index contributed by atoms with van der Waals surface area (Å²) >= 11 is 0. The third kappa shape index (κ3) is 4.22. The van der Waals surface area contributed by atoms with Gasteiger partial charge in [0.05, 0.1) is 16.4 Å². The molecule has 0 N–H and O–H groups in total. The highest BCUT2D eigenvalue weighted by atomic mass is 19.2. The van der Waals surface area contributed by atoms with Crippen molar-refractivity contribution in [2.75, 3.05) is 0 Å². The lowest BCUT2D eigenvalue weighted by Gasteiger charge is -2.32. The van der Waals surface area contributed by atoms with Crippen molar-refractivity contribution in [3.63, 3.8) is 0 Å². The van der Waals surface area contributed by atoms with Gasteiger partial charge >= 0.3 is 21.4 Å². The number of halogens is 12. The Morgan fingerprint density at radius 3 is 0.778 bits per heavy atom. The second kappa shape index (κ2) is 9.40. The highest BCUT2D eigenvalue weighted by molar-refractivity contribution is 6.87. The summed E-state index contributed by atoms with van der Waals surface area (Å²) in [4.78, 5) is 0. The summed E-state index contributed by atoms with van der Waals surface area (Å²) in [5, 5.41) is 0. The molecule has 0 radical (unpaired) electrons. The molecule has 1 fully saturated rings. The zero-order chi connectivity index (χ0) is 26.6. The van der Waals surface area contributed by atoms with E-state index < -0.39 is 108 Å². The van der Waals surface area contributed by atoms with Gasteiger partial charge in [-0.1, -0.05) is 0 Å². The van der Waals surface area contributed by atoms with E-state index >= 15 is 0 Å². The standard InChI is InChI=1S/C18H3B3F12O3/c22-4-1-7(25)13(28)16(31)10(4)19-34-20(11-5(23)2-8(26)14(29)17(11)32)36-21(35-19)12-6(24)3-9(27)15(30)18(12)33/h1-3H. The Balaban J connectivity index is 1.92. The average molecular weight is 528 g/mol. The molecule has 0 aromatic heterocycles. The number of benzene rings is 3. The van der Waals surface area contributed by atoms with Crippen LogP contribution in [0.1, 0.15) is 0 Å². The van der Waals surface area contributed by atoms with Gasteiger partial charge in [0.15, 0.2) is 52.4 Å². The molecule has 0 amide bonds. The number of hydrogen-bond acceptors (Lipinski definition) is 3. The van der Waals surface area contributed by atoms with Gasteiger partial charge in [-0.25, -0.2) is 52.7 Å². The summed E-state index contributed by atoms with van der Waals surface area (Å²) in [5.74, 6) is -26.0. The maximum absolute atomic E-state index is 14.3. The van der Waals surface area contributed by atoms with Crippen molar-refractivity contribution in [3.8, 4) is 0 Å². The fourth-order valence-electron chi connectivity index (χ4n) is 3.23. The molecule has 0 unspecified atom stereocenters. The first-order valence-electron chi connectivity index (χ1n) is 9.28. The van der Waals surface area contributed by atoms with Crippen LogP contribution in [0, 0.1) is 69.8 Å². The first kappa shape index (κ1) is 26.0. The lowest BCUT2D eigenvalue weighted by molar-refractivity contribution is 0.300. The Kier molecular flexibility index (Phi) is 6.78. The number of hydrogen-bond donors (Lipinski definition) is 0. The van der Waals surface area contributed by atoms with E-state index in [1.54, 1.807) is 0 Å². The van der Waals surface area contributed by atoms with Crippen LogP contribution in [0.2, 0.25) is 0 Å². The van der Waals surface area contributed by atoms with Gasteiger partial charge in [-0.15, -0.1) is 0 Å². The van der Waals surface area contributed by atoms with Gasteiger partial charge < -0.3 is 13.7 Å². The lowest BCUT2D eigenvalue weighted by atomic mass is 9.60. The Labute approximate surface area is 193 Å². The van der Waals surface area contributed by atoms with E-state index in [4.69, 9.17) is 13.7 Å². The fraction of sp³-hybridized carbons (Fsp3) is 0. The van der Waals surface area contributed by atoms with Crippen LogP contribution >= 0.6 is 0 Å². The molecular weight excluding hydrogens is 525 g/mol. The molecule has 3 aromatic carbocycles. The molecule has 36 heavy (non-hydrogen) atoms. The van der Waals surface area contributed by atoms with Crippen molar-refractivity contribution < 1.29 is 66.4 Å². The molecule has 0 atom stereocenters. The summed E-state index contributed by atoms with van der Waals surface area (Å²) in [6.07, 6.45) is 0. The van der Waals surface area contributed by atoms with Gasteiger partial charge in [0.2, 0.25) is 0 Å². The minimum atomic E-state index is -2.79. The monoisotopic (exact) mass is 528 g/mol. The second-order valence-corrected chi connectivity index (χ2v) is 7.05. The molecule has 1 heterocycles. The maximum atomic E-state index is 14.3. The molecule has 3 nitrogen and oxygen atoms in total. The minimum Gasteiger partial charge on any atom is -0.444 e. The van der Waals surface area contributed by atoms with Crippen LogP contribution < -0.4 is 16.4 Å². The summed E-state index contributed by atoms with van der Waals surface area (Å²) in [5.41, 5.74) is -5.00. The van der Waals surface area contributed by atoms with Crippen LogP contribution in [-0.4, -0.2) is 21.4 Å². The largest absolute Gasteiger partial charge is 0.473 e. The molecule has 0 bridgehead atoms. The molecule has 186 valence electrons. The Morgan fingerprint density at radius 1 is 0.333 bits per heavy atom. The Bertz CT molecular complexity index is 1220. The van der Waals surface area contributed by atoms with Crippen LogP contribution in [0.4, 0.5) is 52.7 Å². The highest BCUT2D eigenvalue weighted by Gasteiger charge is 2.50. The van der Waals surface area contributed by atoms with Crippen molar-refractivity contribution in [2.45, 2.75) is 0 Å². The summed E-state index contributed by atoms with van der Waals surface area (Å²) in [6, 6.07) is -0.674. The molecule has 0 saturated carbocycles. The van der Waals surface area contributed by atoms with Gasteiger partial charge in [-0.2, -0.15) is 0 Å². The summed E-state index contributed by atoms with van der Waals surface area (Å²) in [6.45, 7) is 0. The van der Waals surface area contributed by atoms with E-state index in [2.05, 4.69) is 0 Å². The van der Waals surface area contributed by atoms with Crippen molar-refractivity contribution in [3.05, 3.63) is 88.0 Å². The average Bonchev–Trinajstić information content (AvgIpc) is 2.80. The van der Waals surface area contributed by atoms with Gasteiger partial charge in [-0.3, -0.25) is 0 Å². The topological polar surface area (TPSA) is 27.7 Å². The van der Waals surface area contributed by atoms with Crippen molar-refractivity contribution in [2.24, 2.45) is 0 Å². The molecule has 3 aromatic rings. The Hall–Kier alpha value is -3.11. The summed E-state index contributed by atoms with van der Waals surface area (Å²) < 4.78 is 182. The van der Waals surface area contributed by atoms with E-state index in [1.165, 1.54) is 0 Å². The van der Waals surface area contributed by atoms with Crippen LogP contribution in [0.15, 0.2) is 18.2 Å². The van der Waals surface area contributed by atoms with Gasteiger partial charge in [0.1, 0.15) is 17.5 Å². The van der Waals surface area contributed by atoms with E-state index in [0.29, 0.717) is 0 Å². The summed E-state index contributed by atoms with van der Waals surface area (Å²) in [7, 11) is -8.37. The van der Waals surface area contributed by atoms with Crippen LogP contribution in [-0.2, 0) is 13.7 Å².